The van der Waals surface area contributed by atoms with E-state index in [1.807, 2.05) is 24.3 Å². The van der Waals surface area contributed by atoms with Crippen molar-refractivity contribution in [2.75, 3.05) is 0 Å². The minimum atomic E-state index is -1.25. The molecule has 2 unspecified atom stereocenters. The van der Waals surface area contributed by atoms with Gasteiger partial charge in [0.2, 0.25) is 0 Å². The van der Waals surface area contributed by atoms with E-state index >= 15 is 0 Å². The zero-order valence-corrected chi connectivity index (χ0v) is 11.7. The summed E-state index contributed by atoms with van der Waals surface area (Å²) < 4.78 is 0. The summed E-state index contributed by atoms with van der Waals surface area (Å²) in [6, 6.07) is 16.5. The molecule has 0 fully saturated rings. The molecule has 0 radical (unpaired) electrons. The Bertz CT molecular complexity index is 891. The normalized spacial score (nSPS) is 24.4. The Kier molecular flexibility index (Phi) is 2.49. The number of rotatable bonds is 0. The number of benzene rings is 3. The Hall–Kier alpha value is -2.16. The molecule has 104 valence electrons. The maximum atomic E-state index is 10.6. The van der Waals surface area contributed by atoms with Crippen LogP contribution in [0.2, 0.25) is 0 Å². The molecule has 0 saturated heterocycles. The molecule has 0 saturated carbocycles. The molecule has 3 aromatic carbocycles. The first-order chi connectivity index (χ1) is 10.1. The van der Waals surface area contributed by atoms with Crippen molar-refractivity contribution in [1.29, 1.82) is 0 Å². The monoisotopic (exact) mass is 276 g/mol. The predicted molar refractivity (Wildman–Crippen MR) is 86.1 cm³/mol. The molecule has 2 N–H and O–H groups in total. The van der Waals surface area contributed by atoms with Gasteiger partial charge in [0.15, 0.2) is 0 Å². The Morgan fingerprint density at radius 1 is 0.952 bits per heavy atom. The third-order valence-corrected chi connectivity index (χ3v) is 4.49. The first-order valence-electron chi connectivity index (χ1n) is 7.12. The van der Waals surface area contributed by atoms with E-state index in [-0.39, 0.29) is 0 Å². The second-order valence-corrected chi connectivity index (χ2v) is 5.90. The van der Waals surface area contributed by atoms with Crippen molar-refractivity contribution in [2.45, 2.75) is 18.6 Å². The van der Waals surface area contributed by atoms with Gasteiger partial charge in [0.25, 0.3) is 0 Å². The molecule has 0 amide bonds. The van der Waals surface area contributed by atoms with Crippen molar-refractivity contribution in [2.24, 2.45) is 0 Å². The standard InChI is InChI=1S/C19H16O2/c1-19(21)17-11-16-13(10-14(17)8-9-18(19)20)7-6-12-4-2-3-5-15(12)16/h2-11,18,20-21H,1H3. The molecule has 0 spiro atoms. The van der Waals surface area contributed by atoms with Crippen LogP contribution in [0.4, 0.5) is 0 Å². The van der Waals surface area contributed by atoms with E-state index in [0.717, 1.165) is 27.3 Å². The zero-order valence-electron chi connectivity index (χ0n) is 11.7. The summed E-state index contributed by atoms with van der Waals surface area (Å²) in [5, 5.41) is 25.2. The highest BCUT2D eigenvalue weighted by molar-refractivity contribution is 6.08. The maximum absolute atomic E-state index is 10.6. The van der Waals surface area contributed by atoms with Gasteiger partial charge in [-0.1, -0.05) is 48.6 Å². The van der Waals surface area contributed by atoms with Crippen LogP contribution in [0.15, 0.2) is 54.6 Å². The molecule has 2 atom stereocenters. The summed E-state index contributed by atoms with van der Waals surface area (Å²) in [4.78, 5) is 0. The van der Waals surface area contributed by atoms with Crippen LogP contribution < -0.4 is 0 Å². The van der Waals surface area contributed by atoms with Crippen LogP contribution >= 0.6 is 0 Å². The fourth-order valence-electron chi connectivity index (χ4n) is 3.19. The Balaban J connectivity index is 2.13. The molecule has 0 aliphatic heterocycles. The van der Waals surface area contributed by atoms with Crippen molar-refractivity contribution in [1.82, 2.24) is 0 Å². The fourth-order valence-corrected chi connectivity index (χ4v) is 3.19. The number of fused-ring (bicyclic) bond motifs is 4. The Morgan fingerprint density at radius 2 is 1.71 bits per heavy atom. The highest BCUT2D eigenvalue weighted by atomic mass is 16.3. The lowest BCUT2D eigenvalue weighted by Crippen LogP contribution is -2.37. The van der Waals surface area contributed by atoms with Crippen molar-refractivity contribution in [3.8, 4) is 0 Å². The van der Waals surface area contributed by atoms with Crippen LogP contribution in [0.1, 0.15) is 18.1 Å². The van der Waals surface area contributed by atoms with Gasteiger partial charge >= 0.3 is 0 Å². The fraction of sp³-hybridized carbons (Fsp3) is 0.158. The van der Waals surface area contributed by atoms with Crippen LogP contribution in [0.25, 0.3) is 27.6 Å². The van der Waals surface area contributed by atoms with Gasteiger partial charge in [-0.25, -0.2) is 0 Å². The average Bonchev–Trinajstić information content (AvgIpc) is 2.50. The van der Waals surface area contributed by atoms with Crippen LogP contribution in [0.3, 0.4) is 0 Å². The van der Waals surface area contributed by atoms with Gasteiger partial charge in [-0.3, -0.25) is 0 Å². The first kappa shape index (κ1) is 12.6. The van der Waals surface area contributed by atoms with Gasteiger partial charge in [0.05, 0.1) is 0 Å². The molecule has 0 aromatic heterocycles. The summed E-state index contributed by atoms with van der Waals surface area (Å²) >= 11 is 0. The van der Waals surface area contributed by atoms with Gasteiger partial charge in [-0.15, -0.1) is 0 Å². The van der Waals surface area contributed by atoms with E-state index in [9.17, 15) is 10.2 Å². The molecule has 4 rings (SSSR count). The predicted octanol–water partition coefficient (Wildman–Crippen LogP) is 3.59. The SMILES string of the molecule is CC1(O)c2cc3c(ccc4ccccc43)cc2C=CC1O. The van der Waals surface area contributed by atoms with E-state index in [4.69, 9.17) is 0 Å². The molecular formula is C19H16O2. The second kappa shape index (κ2) is 4.17. The molecule has 3 aromatic rings. The third kappa shape index (κ3) is 1.73. The van der Waals surface area contributed by atoms with E-state index in [1.54, 1.807) is 13.0 Å². The maximum Gasteiger partial charge on any atom is 0.117 e. The van der Waals surface area contributed by atoms with Crippen molar-refractivity contribution < 1.29 is 10.2 Å². The van der Waals surface area contributed by atoms with Crippen LogP contribution in [-0.2, 0) is 5.60 Å². The number of hydrogen-bond donors (Lipinski definition) is 2. The van der Waals surface area contributed by atoms with Crippen molar-refractivity contribution in [3.63, 3.8) is 0 Å². The summed E-state index contributed by atoms with van der Waals surface area (Å²) in [6.45, 7) is 1.66. The van der Waals surface area contributed by atoms with E-state index in [0.29, 0.717) is 0 Å². The number of aliphatic hydroxyl groups excluding tert-OH is 1. The summed E-state index contributed by atoms with van der Waals surface area (Å²) in [5.41, 5.74) is 0.490. The topological polar surface area (TPSA) is 40.5 Å². The summed E-state index contributed by atoms with van der Waals surface area (Å²) in [5.74, 6) is 0. The van der Waals surface area contributed by atoms with E-state index in [2.05, 4.69) is 30.3 Å². The summed E-state index contributed by atoms with van der Waals surface area (Å²) in [6.07, 6.45) is 2.65. The lowest BCUT2D eigenvalue weighted by atomic mass is 9.80. The lowest BCUT2D eigenvalue weighted by molar-refractivity contribution is -0.0435. The average molecular weight is 276 g/mol. The molecule has 0 bridgehead atoms. The van der Waals surface area contributed by atoms with Gasteiger partial charge in [0.1, 0.15) is 11.7 Å². The minimum Gasteiger partial charge on any atom is -0.386 e. The van der Waals surface area contributed by atoms with Gasteiger partial charge in [-0.05, 0) is 51.7 Å². The van der Waals surface area contributed by atoms with Crippen LogP contribution in [-0.4, -0.2) is 16.3 Å². The third-order valence-electron chi connectivity index (χ3n) is 4.49. The highest BCUT2D eigenvalue weighted by Gasteiger charge is 2.35. The molecule has 0 heterocycles. The number of aliphatic hydroxyl groups is 2. The molecule has 1 aliphatic carbocycles. The smallest absolute Gasteiger partial charge is 0.117 e. The summed E-state index contributed by atoms with van der Waals surface area (Å²) in [7, 11) is 0. The number of hydrogen-bond acceptors (Lipinski definition) is 2. The Labute approximate surface area is 123 Å². The molecular weight excluding hydrogens is 260 g/mol. The Morgan fingerprint density at radius 3 is 2.57 bits per heavy atom. The molecule has 2 nitrogen and oxygen atoms in total. The first-order valence-corrected chi connectivity index (χ1v) is 7.12. The largest absolute Gasteiger partial charge is 0.386 e. The highest BCUT2D eigenvalue weighted by Crippen LogP contribution is 2.37. The van der Waals surface area contributed by atoms with Gasteiger partial charge in [-0.2, -0.15) is 0 Å². The lowest BCUT2D eigenvalue weighted by Gasteiger charge is -2.32. The molecule has 1 aliphatic rings. The van der Waals surface area contributed by atoms with Gasteiger partial charge in [0, 0.05) is 0 Å². The van der Waals surface area contributed by atoms with Crippen LogP contribution in [0.5, 0.6) is 0 Å². The molecule has 21 heavy (non-hydrogen) atoms. The zero-order chi connectivity index (χ0) is 14.6. The molecule has 2 heteroatoms. The second-order valence-electron chi connectivity index (χ2n) is 5.90. The quantitative estimate of drug-likeness (QED) is 0.616. The van der Waals surface area contributed by atoms with E-state index < -0.39 is 11.7 Å². The van der Waals surface area contributed by atoms with Crippen LogP contribution in [0, 0.1) is 0 Å². The van der Waals surface area contributed by atoms with E-state index in [1.165, 1.54) is 5.39 Å². The van der Waals surface area contributed by atoms with Crippen molar-refractivity contribution >= 4 is 27.6 Å². The van der Waals surface area contributed by atoms with Gasteiger partial charge < -0.3 is 10.2 Å². The minimum absolute atomic E-state index is 0.779. The van der Waals surface area contributed by atoms with Crippen molar-refractivity contribution in [3.05, 3.63) is 65.7 Å².